The average molecular weight is 277 g/mol. The highest BCUT2D eigenvalue weighted by Crippen LogP contribution is 2.34. The van der Waals surface area contributed by atoms with Crippen LogP contribution in [0.5, 0.6) is 5.75 Å². The van der Waals surface area contributed by atoms with Crippen molar-refractivity contribution in [3.63, 3.8) is 0 Å². The SMILES string of the molecule is CCNC(CC1CCCO1)c1ccc(C)c(C)c1OC. The van der Waals surface area contributed by atoms with Crippen LogP contribution in [0, 0.1) is 13.8 Å². The van der Waals surface area contributed by atoms with Crippen molar-refractivity contribution < 1.29 is 9.47 Å². The molecule has 3 heteroatoms. The first-order chi connectivity index (χ1) is 9.67. The number of nitrogens with one attached hydrogen (secondary N) is 1. The fraction of sp³-hybridized carbons (Fsp3) is 0.647. The molecule has 0 aromatic heterocycles. The van der Waals surface area contributed by atoms with Crippen molar-refractivity contribution >= 4 is 0 Å². The molecule has 0 radical (unpaired) electrons. The summed E-state index contributed by atoms with van der Waals surface area (Å²) in [5, 5.41) is 3.59. The molecule has 0 aliphatic carbocycles. The molecule has 3 nitrogen and oxygen atoms in total. The third kappa shape index (κ3) is 3.33. The van der Waals surface area contributed by atoms with Crippen molar-refractivity contribution in [2.75, 3.05) is 20.3 Å². The Labute approximate surface area is 122 Å². The maximum Gasteiger partial charge on any atom is 0.126 e. The molecule has 0 bridgehead atoms. The number of hydrogen-bond donors (Lipinski definition) is 1. The van der Waals surface area contributed by atoms with Crippen LogP contribution in [0.15, 0.2) is 12.1 Å². The standard InChI is InChI=1S/C17H27NO2/c1-5-18-16(11-14-7-6-10-20-14)15-9-8-12(2)13(3)17(15)19-4/h8-9,14,16,18H,5-7,10-11H2,1-4H3. The maximum absolute atomic E-state index is 5.80. The van der Waals surface area contributed by atoms with E-state index in [2.05, 4.69) is 38.2 Å². The van der Waals surface area contributed by atoms with Crippen molar-refractivity contribution in [2.24, 2.45) is 0 Å². The van der Waals surface area contributed by atoms with Crippen LogP contribution >= 0.6 is 0 Å². The molecule has 1 aliphatic heterocycles. The third-order valence-corrected chi connectivity index (χ3v) is 4.26. The average Bonchev–Trinajstić information content (AvgIpc) is 2.94. The molecule has 20 heavy (non-hydrogen) atoms. The lowest BCUT2D eigenvalue weighted by molar-refractivity contribution is 0.0944. The van der Waals surface area contributed by atoms with E-state index in [1.54, 1.807) is 7.11 Å². The summed E-state index contributed by atoms with van der Waals surface area (Å²) in [4.78, 5) is 0. The summed E-state index contributed by atoms with van der Waals surface area (Å²) in [5.74, 6) is 1.02. The summed E-state index contributed by atoms with van der Waals surface area (Å²) in [6, 6.07) is 4.69. The molecule has 1 heterocycles. The second-order valence-electron chi connectivity index (χ2n) is 5.61. The Bertz CT molecular complexity index is 439. The molecule has 1 saturated heterocycles. The quantitative estimate of drug-likeness (QED) is 0.863. The van der Waals surface area contributed by atoms with Gasteiger partial charge in [-0.15, -0.1) is 0 Å². The number of aryl methyl sites for hydroxylation is 1. The zero-order valence-electron chi connectivity index (χ0n) is 13.2. The minimum Gasteiger partial charge on any atom is -0.496 e. The van der Waals surface area contributed by atoms with Gasteiger partial charge in [0.25, 0.3) is 0 Å². The fourth-order valence-electron chi connectivity index (χ4n) is 3.02. The van der Waals surface area contributed by atoms with Crippen LogP contribution in [0.4, 0.5) is 0 Å². The van der Waals surface area contributed by atoms with E-state index >= 15 is 0 Å². The van der Waals surface area contributed by atoms with Gasteiger partial charge >= 0.3 is 0 Å². The van der Waals surface area contributed by atoms with E-state index in [1.807, 2.05) is 0 Å². The van der Waals surface area contributed by atoms with Crippen molar-refractivity contribution in [1.82, 2.24) is 5.32 Å². The lowest BCUT2D eigenvalue weighted by atomic mass is 9.94. The monoisotopic (exact) mass is 277 g/mol. The highest BCUT2D eigenvalue weighted by molar-refractivity contribution is 5.46. The van der Waals surface area contributed by atoms with Crippen LogP contribution in [0.1, 0.15) is 48.9 Å². The summed E-state index contributed by atoms with van der Waals surface area (Å²) in [5.41, 5.74) is 3.77. The van der Waals surface area contributed by atoms with Gasteiger partial charge in [-0.25, -0.2) is 0 Å². The van der Waals surface area contributed by atoms with E-state index in [1.165, 1.54) is 29.5 Å². The first kappa shape index (κ1) is 15.3. The van der Waals surface area contributed by atoms with Crippen LogP contribution < -0.4 is 10.1 Å². The predicted octanol–water partition coefficient (Wildman–Crippen LogP) is 3.53. The number of ether oxygens (including phenoxy) is 2. The lowest BCUT2D eigenvalue weighted by Gasteiger charge is -2.25. The van der Waals surface area contributed by atoms with Gasteiger partial charge in [-0.05, 0) is 50.8 Å². The highest BCUT2D eigenvalue weighted by atomic mass is 16.5. The Morgan fingerprint density at radius 2 is 2.20 bits per heavy atom. The van der Waals surface area contributed by atoms with Crippen LogP contribution in [0.2, 0.25) is 0 Å². The maximum atomic E-state index is 5.80. The van der Waals surface area contributed by atoms with Gasteiger partial charge in [0.1, 0.15) is 5.75 Å². The minimum absolute atomic E-state index is 0.303. The summed E-state index contributed by atoms with van der Waals surface area (Å²) in [6.07, 6.45) is 3.76. The molecular weight excluding hydrogens is 250 g/mol. The van der Waals surface area contributed by atoms with Crippen LogP contribution in [0.3, 0.4) is 0 Å². The molecule has 2 unspecified atom stereocenters. The van der Waals surface area contributed by atoms with Crippen molar-refractivity contribution in [2.45, 2.75) is 52.2 Å². The first-order valence-electron chi connectivity index (χ1n) is 7.66. The lowest BCUT2D eigenvalue weighted by Crippen LogP contribution is -2.26. The Kier molecular flexibility index (Phi) is 5.44. The normalized spacial score (nSPS) is 20.1. The Morgan fingerprint density at radius 3 is 2.80 bits per heavy atom. The first-order valence-corrected chi connectivity index (χ1v) is 7.66. The Morgan fingerprint density at radius 1 is 1.40 bits per heavy atom. The molecule has 0 saturated carbocycles. The summed E-state index contributed by atoms with van der Waals surface area (Å²) in [6.45, 7) is 8.27. The summed E-state index contributed by atoms with van der Waals surface area (Å²) >= 11 is 0. The predicted molar refractivity (Wildman–Crippen MR) is 82.5 cm³/mol. The molecule has 1 N–H and O–H groups in total. The number of benzene rings is 1. The molecule has 0 spiro atoms. The Hall–Kier alpha value is -1.06. The Balaban J connectivity index is 2.25. The topological polar surface area (TPSA) is 30.5 Å². The highest BCUT2D eigenvalue weighted by Gasteiger charge is 2.24. The number of hydrogen-bond acceptors (Lipinski definition) is 3. The molecule has 1 fully saturated rings. The van der Waals surface area contributed by atoms with Gasteiger partial charge in [0, 0.05) is 18.2 Å². The molecule has 1 aliphatic rings. The second-order valence-corrected chi connectivity index (χ2v) is 5.61. The molecule has 2 rings (SSSR count). The van der Waals surface area contributed by atoms with Crippen molar-refractivity contribution in [3.8, 4) is 5.75 Å². The van der Waals surface area contributed by atoms with Gasteiger partial charge in [-0.1, -0.05) is 19.1 Å². The minimum atomic E-state index is 0.303. The zero-order chi connectivity index (χ0) is 14.5. The van der Waals surface area contributed by atoms with Gasteiger partial charge in [0.15, 0.2) is 0 Å². The van der Waals surface area contributed by atoms with E-state index < -0.39 is 0 Å². The molecule has 0 amide bonds. The second kappa shape index (κ2) is 7.09. The fourth-order valence-corrected chi connectivity index (χ4v) is 3.02. The smallest absolute Gasteiger partial charge is 0.126 e. The van der Waals surface area contributed by atoms with E-state index in [9.17, 15) is 0 Å². The molecular formula is C17H27NO2. The number of rotatable bonds is 6. The van der Waals surface area contributed by atoms with Crippen LogP contribution in [-0.4, -0.2) is 26.4 Å². The van der Waals surface area contributed by atoms with Gasteiger partial charge in [0.2, 0.25) is 0 Å². The van der Waals surface area contributed by atoms with Gasteiger partial charge < -0.3 is 14.8 Å². The van der Waals surface area contributed by atoms with Crippen LogP contribution in [-0.2, 0) is 4.74 Å². The van der Waals surface area contributed by atoms with E-state index in [-0.39, 0.29) is 0 Å². The molecule has 1 aromatic rings. The van der Waals surface area contributed by atoms with E-state index in [4.69, 9.17) is 9.47 Å². The molecule has 2 atom stereocenters. The summed E-state index contributed by atoms with van der Waals surface area (Å²) in [7, 11) is 1.76. The van der Waals surface area contributed by atoms with Crippen molar-refractivity contribution in [1.29, 1.82) is 0 Å². The van der Waals surface area contributed by atoms with Gasteiger partial charge in [0.05, 0.1) is 13.2 Å². The summed E-state index contributed by atoms with van der Waals surface area (Å²) < 4.78 is 11.5. The van der Waals surface area contributed by atoms with E-state index in [0.29, 0.717) is 12.1 Å². The molecule has 112 valence electrons. The molecule has 1 aromatic carbocycles. The van der Waals surface area contributed by atoms with Gasteiger partial charge in [-0.3, -0.25) is 0 Å². The van der Waals surface area contributed by atoms with Crippen LogP contribution in [0.25, 0.3) is 0 Å². The zero-order valence-corrected chi connectivity index (χ0v) is 13.2. The van der Waals surface area contributed by atoms with Gasteiger partial charge in [-0.2, -0.15) is 0 Å². The van der Waals surface area contributed by atoms with Crippen molar-refractivity contribution in [3.05, 3.63) is 28.8 Å². The largest absolute Gasteiger partial charge is 0.496 e. The third-order valence-electron chi connectivity index (χ3n) is 4.26. The van der Waals surface area contributed by atoms with E-state index in [0.717, 1.165) is 25.3 Å². The number of methoxy groups -OCH3 is 1.